The SMILES string of the molecule is CCOCC(O)c1cscc1Br. The highest BCUT2D eigenvalue weighted by Gasteiger charge is 2.11. The van der Waals surface area contributed by atoms with Gasteiger partial charge in [0.15, 0.2) is 0 Å². The highest BCUT2D eigenvalue weighted by atomic mass is 79.9. The maximum Gasteiger partial charge on any atom is 0.104 e. The highest BCUT2D eigenvalue weighted by Crippen LogP contribution is 2.27. The van der Waals surface area contributed by atoms with E-state index in [1.807, 2.05) is 17.7 Å². The maximum atomic E-state index is 9.57. The number of aliphatic hydroxyl groups excluding tert-OH is 1. The van der Waals surface area contributed by atoms with Gasteiger partial charge in [0.1, 0.15) is 6.10 Å². The first kappa shape index (κ1) is 10.2. The predicted octanol–water partition coefficient (Wildman–Crippen LogP) is 2.58. The van der Waals surface area contributed by atoms with Gasteiger partial charge < -0.3 is 9.84 Å². The van der Waals surface area contributed by atoms with E-state index >= 15 is 0 Å². The third kappa shape index (κ3) is 2.55. The molecule has 0 fully saturated rings. The Labute approximate surface area is 84.3 Å². The number of ether oxygens (including phenoxy) is 1. The third-order valence-corrected chi connectivity index (χ3v) is 3.23. The molecule has 2 nitrogen and oxygen atoms in total. The topological polar surface area (TPSA) is 29.5 Å². The van der Waals surface area contributed by atoms with Crippen molar-refractivity contribution in [3.8, 4) is 0 Å². The van der Waals surface area contributed by atoms with Crippen molar-refractivity contribution in [1.29, 1.82) is 0 Å². The van der Waals surface area contributed by atoms with Gasteiger partial charge in [-0.1, -0.05) is 0 Å². The van der Waals surface area contributed by atoms with E-state index in [1.165, 1.54) is 0 Å². The van der Waals surface area contributed by atoms with Crippen molar-refractivity contribution >= 4 is 27.3 Å². The number of aliphatic hydroxyl groups is 1. The molecular formula is C8H11BrO2S. The molecule has 0 radical (unpaired) electrons. The summed E-state index contributed by atoms with van der Waals surface area (Å²) in [5, 5.41) is 13.4. The van der Waals surface area contributed by atoms with E-state index in [0.717, 1.165) is 10.0 Å². The summed E-state index contributed by atoms with van der Waals surface area (Å²) in [4.78, 5) is 0. The molecule has 1 N–H and O–H groups in total. The largest absolute Gasteiger partial charge is 0.386 e. The van der Waals surface area contributed by atoms with Crippen LogP contribution in [0.3, 0.4) is 0 Å². The van der Waals surface area contributed by atoms with Gasteiger partial charge in [-0.05, 0) is 28.2 Å². The molecule has 1 aromatic heterocycles. The molecular weight excluding hydrogens is 240 g/mol. The standard InChI is InChI=1S/C8H11BrO2S/c1-2-11-3-8(10)6-4-12-5-7(6)9/h4-5,8,10H,2-3H2,1H3. The molecule has 0 amide bonds. The summed E-state index contributed by atoms with van der Waals surface area (Å²) in [5.74, 6) is 0. The molecule has 0 spiro atoms. The van der Waals surface area contributed by atoms with E-state index in [1.54, 1.807) is 11.3 Å². The molecule has 1 atom stereocenters. The molecule has 1 heterocycles. The summed E-state index contributed by atoms with van der Waals surface area (Å²) >= 11 is 4.92. The Hall–Kier alpha value is 0.100. The number of hydrogen-bond donors (Lipinski definition) is 1. The Balaban J connectivity index is 2.52. The Kier molecular flexibility index (Phi) is 4.21. The normalized spacial score (nSPS) is 13.2. The van der Waals surface area contributed by atoms with Gasteiger partial charge in [-0.15, -0.1) is 0 Å². The molecule has 1 rings (SSSR count). The van der Waals surface area contributed by atoms with Crippen LogP contribution in [0.15, 0.2) is 15.2 Å². The molecule has 0 saturated heterocycles. The van der Waals surface area contributed by atoms with E-state index in [9.17, 15) is 5.11 Å². The van der Waals surface area contributed by atoms with Crippen LogP contribution in [0.5, 0.6) is 0 Å². The fourth-order valence-corrected chi connectivity index (χ4v) is 2.46. The van der Waals surface area contributed by atoms with E-state index < -0.39 is 6.10 Å². The van der Waals surface area contributed by atoms with E-state index in [4.69, 9.17) is 4.74 Å². The first-order valence-corrected chi connectivity index (χ1v) is 5.46. The van der Waals surface area contributed by atoms with Crippen LogP contribution in [-0.2, 0) is 4.74 Å². The quantitative estimate of drug-likeness (QED) is 0.891. The van der Waals surface area contributed by atoms with Crippen LogP contribution in [0.4, 0.5) is 0 Å². The molecule has 0 aliphatic heterocycles. The smallest absolute Gasteiger partial charge is 0.104 e. The van der Waals surface area contributed by atoms with Crippen LogP contribution in [0.2, 0.25) is 0 Å². The summed E-state index contributed by atoms with van der Waals surface area (Å²) in [6.07, 6.45) is -0.509. The molecule has 0 aromatic carbocycles. The lowest BCUT2D eigenvalue weighted by molar-refractivity contribution is 0.0419. The van der Waals surface area contributed by atoms with Crippen molar-refractivity contribution in [1.82, 2.24) is 0 Å². The van der Waals surface area contributed by atoms with Crippen LogP contribution in [0.25, 0.3) is 0 Å². The van der Waals surface area contributed by atoms with Gasteiger partial charge in [0, 0.05) is 22.0 Å². The molecule has 68 valence electrons. The van der Waals surface area contributed by atoms with Gasteiger partial charge in [0.2, 0.25) is 0 Å². The van der Waals surface area contributed by atoms with E-state index in [-0.39, 0.29) is 0 Å². The van der Waals surface area contributed by atoms with Gasteiger partial charge in [-0.3, -0.25) is 0 Å². The maximum absolute atomic E-state index is 9.57. The van der Waals surface area contributed by atoms with Crippen molar-refractivity contribution in [2.45, 2.75) is 13.0 Å². The lowest BCUT2D eigenvalue weighted by Crippen LogP contribution is -2.06. The van der Waals surface area contributed by atoms with E-state index in [0.29, 0.717) is 13.2 Å². The number of thiophene rings is 1. The molecule has 1 aromatic rings. The first-order chi connectivity index (χ1) is 5.75. The zero-order chi connectivity index (χ0) is 8.97. The van der Waals surface area contributed by atoms with Crippen molar-refractivity contribution < 1.29 is 9.84 Å². The van der Waals surface area contributed by atoms with Crippen LogP contribution in [0, 0.1) is 0 Å². The van der Waals surface area contributed by atoms with Crippen molar-refractivity contribution in [2.24, 2.45) is 0 Å². The molecule has 4 heteroatoms. The van der Waals surface area contributed by atoms with Crippen molar-refractivity contribution in [3.05, 3.63) is 20.8 Å². The Morgan fingerprint density at radius 3 is 2.92 bits per heavy atom. The van der Waals surface area contributed by atoms with Crippen LogP contribution < -0.4 is 0 Å². The zero-order valence-corrected chi connectivity index (χ0v) is 9.19. The summed E-state index contributed by atoms with van der Waals surface area (Å²) < 4.78 is 6.07. The fraction of sp³-hybridized carbons (Fsp3) is 0.500. The lowest BCUT2D eigenvalue weighted by atomic mass is 10.2. The van der Waals surface area contributed by atoms with Gasteiger partial charge >= 0.3 is 0 Å². The lowest BCUT2D eigenvalue weighted by Gasteiger charge is -2.08. The highest BCUT2D eigenvalue weighted by molar-refractivity contribution is 9.10. The minimum absolute atomic E-state index is 0.367. The van der Waals surface area contributed by atoms with Crippen molar-refractivity contribution in [2.75, 3.05) is 13.2 Å². The second-order valence-electron chi connectivity index (χ2n) is 2.35. The van der Waals surface area contributed by atoms with Gasteiger partial charge in [-0.2, -0.15) is 11.3 Å². The number of hydrogen-bond acceptors (Lipinski definition) is 3. The molecule has 0 bridgehead atoms. The van der Waals surface area contributed by atoms with Crippen molar-refractivity contribution in [3.63, 3.8) is 0 Å². The zero-order valence-electron chi connectivity index (χ0n) is 6.79. The number of halogens is 1. The predicted molar refractivity (Wildman–Crippen MR) is 53.5 cm³/mol. The van der Waals surface area contributed by atoms with Crippen LogP contribution >= 0.6 is 27.3 Å². The minimum Gasteiger partial charge on any atom is -0.386 e. The average molecular weight is 251 g/mol. The Bertz CT molecular complexity index is 237. The first-order valence-electron chi connectivity index (χ1n) is 3.73. The molecule has 0 aliphatic rings. The molecule has 12 heavy (non-hydrogen) atoms. The van der Waals surface area contributed by atoms with Gasteiger partial charge in [0.25, 0.3) is 0 Å². The molecule has 1 unspecified atom stereocenters. The Morgan fingerprint density at radius 2 is 2.42 bits per heavy atom. The van der Waals surface area contributed by atoms with Crippen LogP contribution in [-0.4, -0.2) is 18.3 Å². The molecule has 0 saturated carbocycles. The summed E-state index contributed by atoms with van der Waals surface area (Å²) in [7, 11) is 0. The summed E-state index contributed by atoms with van der Waals surface area (Å²) in [5.41, 5.74) is 0.911. The van der Waals surface area contributed by atoms with Gasteiger partial charge in [-0.25, -0.2) is 0 Å². The molecule has 0 aliphatic carbocycles. The van der Waals surface area contributed by atoms with E-state index in [2.05, 4.69) is 15.9 Å². The second kappa shape index (κ2) is 4.97. The summed E-state index contributed by atoms with van der Waals surface area (Å²) in [6.45, 7) is 2.92. The fourth-order valence-electron chi connectivity index (χ4n) is 0.848. The average Bonchev–Trinajstić information content (AvgIpc) is 2.47. The monoisotopic (exact) mass is 250 g/mol. The van der Waals surface area contributed by atoms with Gasteiger partial charge in [0.05, 0.1) is 6.61 Å². The minimum atomic E-state index is -0.509. The number of rotatable bonds is 4. The third-order valence-electron chi connectivity index (χ3n) is 1.48. The second-order valence-corrected chi connectivity index (χ2v) is 3.95. The summed E-state index contributed by atoms with van der Waals surface area (Å²) in [6, 6.07) is 0. The Morgan fingerprint density at radius 1 is 1.67 bits per heavy atom. The van der Waals surface area contributed by atoms with Crippen LogP contribution in [0.1, 0.15) is 18.6 Å².